The van der Waals surface area contributed by atoms with Gasteiger partial charge in [0.05, 0.1) is 17.6 Å². The van der Waals surface area contributed by atoms with Crippen LogP contribution in [0.4, 0.5) is 5.69 Å². The molecule has 2 aromatic carbocycles. The first-order valence-electron chi connectivity index (χ1n) is 9.07. The molecule has 1 heterocycles. The molecule has 0 bridgehead atoms. The van der Waals surface area contributed by atoms with E-state index in [1.165, 1.54) is 0 Å². The lowest BCUT2D eigenvalue weighted by Gasteiger charge is -2.16. The van der Waals surface area contributed by atoms with Crippen molar-refractivity contribution in [1.82, 2.24) is 5.32 Å². The molecule has 138 valence electrons. The standard InChI is InChI=1S/C21H21N3O3/c1-13-10-11-24(23-13)15-8-6-14(7-9-15)20(25)22-19-12-18(21(26)27)16-4-2-3-5-17(16)19/h2-9,18-19H,10-12H2,1H3,(H,22,25)(H,26,27). The molecular weight excluding hydrogens is 342 g/mol. The molecule has 0 radical (unpaired) electrons. The number of rotatable bonds is 4. The van der Waals surface area contributed by atoms with E-state index in [2.05, 4.69) is 10.4 Å². The number of nitrogens with zero attached hydrogens (tertiary/aromatic N) is 2. The Labute approximate surface area is 157 Å². The van der Waals surface area contributed by atoms with Gasteiger partial charge < -0.3 is 10.4 Å². The van der Waals surface area contributed by atoms with Crippen LogP contribution in [0.15, 0.2) is 53.6 Å². The predicted molar refractivity (Wildman–Crippen MR) is 103 cm³/mol. The lowest BCUT2D eigenvalue weighted by molar-refractivity contribution is -0.138. The minimum Gasteiger partial charge on any atom is -0.481 e. The zero-order valence-corrected chi connectivity index (χ0v) is 15.1. The van der Waals surface area contributed by atoms with Crippen molar-refractivity contribution in [1.29, 1.82) is 0 Å². The summed E-state index contributed by atoms with van der Waals surface area (Å²) in [6, 6.07) is 14.5. The summed E-state index contributed by atoms with van der Waals surface area (Å²) in [5, 5.41) is 18.8. The van der Waals surface area contributed by atoms with Crippen LogP contribution in [0.25, 0.3) is 0 Å². The number of anilines is 1. The van der Waals surface area contributed by atoms with Gasteiger partial charge in [0.1, 0.15) is 0 Å². The molecule has 2 aromatic rings. The zero-order valence-electron chi connectivity index (χ0n) is 15.1. The largest absolute Gasteiger partial charge is 0.481 e. The number of carboxylic acids is 1. The number of aliphatic carboxylic acids is 1. The van der Waals surface area contributed by atoms with Gasteiger partial charge >= 0.3 is 5.97 Å². The molecule has 6 heteroatoms. The molecule has 0 saturated carbocycles. The second-order valence-electron chi connectivity index (χ2n) is 7.04. The van der Waals surface area contributed by atoms with Gasteiger partial charge in [0, 0.05) is 24.2 Å². The Kier molecular flexibility index (Phi) is 4.39. The number of carbonyl (C=O) groups excluding carboxylic acids is 1. The number of benzene rings is 2. The van der Waals surface area contributed by atoms with Gasteiger partial charge in [-0.2, -0.15) is 5.10 Å². The molecule has 1 aliphatic carbocycles. The summed E-state index contributed by atoms with van der Waals surface area (Å²) < 4.78 is 0. The maximum atomic E-state index is 12.7. The lowest BCUT2D eigenvalue weighted by Crippen LogP contribution is -2.27. The fraction of sp³-hybridized carbons (Fsp3) is 0.286. The van der Waals surface area contributed by atoms with Crippen LogP contribution in [0.5, 0.6) is 0 Å². The molecule has 2 N–H and O–H groups in total. The zero-order chi connectivity index (χ0) is 19.0. The van der Waals surface area contributed by atoms with Crippen molar-refractivity contribution in [3.8, 4) is 0 Å². The van der Waals surface area contributed by atoms with E-state index in [0.29, 0.717) is 12.0 Å². The van der Waals surface area contributed by atoms with E-state index in [-0.39, 0.29) is 11.9 Å². The normalized spacial score (nSPS) is 20.9. The van der Waals surface area contributed by atoms with E-state index < -0.39 is 11.9 Å². The summed E-state index contributed by atoms with van der Waals surface area (Å²) in [4.78, 5) is 24.2. The van der Waals surface area contributed by atoms with Crippen LogP contribution in [-0.4, -0.2) is 29.2 Å². The maximum absolute atomic E-state index is 12.7. The SMILES string of the molecule is CC1=NN(c2ccc(C(=O)NC3CC(C(=O)O)c4ccccc43)cc2)CC1. The monoisotopic (exact) mass is 363 g/mol. The number of hydrogen-bond acceptors (Lipinski definition) is 4. The molecule has 2 unspecified atom stereocenters. The molecule has 0 aromatic heterocycles. The van der Waals surface area contributed by atoms with Gasteiger partial charge in [0.2, 0.25) is 0 Å². The Hall–Kier alpha value is -3.15. The van der Waals surface area contributed by atoms with Gasteiger partial charge in [-0.1, -0.05) is 24.3 Å². The average Bonchev–Trinajstić information content (AvgIpc) is 3.26. The molecule has 27 heavy (non-hydrogen) atoms. The first-order valence-corrected chi connectivity index (χ1v) is 9.07. The van der Waals surface area contributed by atoms with Gasteiger partial charge in [0.15, 0.2) is 0 Å². The predicted octanol–water partition coefficient (Wildman–Crippen LogP) is 3.32. The Balaban J connectivity index is 1.49. The summed E-state index contributed by atoms with van der Waals surface area (Å²) in [6.07, 6.45) is 1.33. The van der Waals surface area contributed by atoms with Crippen molar-refractivity contribution in [3.05, 3.63) is 65.2 Å². The van der Waals surface area contributed by atoms with Crippen LogP contribution in [0.2, 0.25) is 0 Å². The lowest BCUT2D eigenvalue weighted by atomic mass is 10.0. The Morgan fingerprint density at radius 2 is 1.81 bits per heavy atom. The van der Waals surface area contributed by atoms with Crippen molar-refractivity contribution in [2.24, 2.45) is 5.10 Å². The molecule has 0 saturated heterocycles. The van der Waals surface area contributed by atoms with Crippen LogP contribution < -0.4 is 10.3 Å². The maximum Gasteiger partial charge on any atom is 0.311 e. The fourth-order valence-electron chi connectivity index (χ4n) is 3.79. The number of carbonyl (C=O) groups is 2. The number of fused-ring (bicyclic) bond motifs is 1. The first kappa shape index (κ1) is 17.3. The second kappa shape index (κ2) is 6.87. The van der Waals surface area contributed by atoms with Crippen molar-refractivity contribution in [2.45, 2.75) is 31.7 Å². The van der Waals surface area contributed by atoms with Gasteiger partial charge in [-0.3, -0.25) is 14.6 Å². The second-order valence-corrected chi connectivity index (χ2v) is 7.04. The van der Waals surface area contributed by atoms with Crippen LogP contribution in [0.1, 0.15) is 53.2 Å². The summed E-state index contributed by atoms with van der Waals surface area (Å²) in [6.45, 7) is 2.86. The molecule has 2 atom stereocenters. The average molecular weight is 363 g/mol. The molecular formula is C21H21N3O3. The van der Waals surface area contributed by atoms with Gasteiger partial charge in [-0.05, 0) is 48.7 Å². The van der Waals surface area contributed by atoms with Gasteiger partial charge in [0.25, 0.3) is 5.91 Å². The number of hydrogen-bond donors (Lipinski definition) is 2. The van der Waals surface area contributed by atoms with E-state index in [9.17, 15) is 14.7 Å². The van der Waals surface area contributed by atoms with Crippen molar-refractivity contribution in [3.63, 3.8) is 0 Å². The number of amides is 1. The number of carboxylic acid groups (broad SMARTS) is 1. The molecule has 1 aliphatic heterocycles. The van der Waals surface area contributed by atoms with Gasteiger partial charge in [-0.15, -0.1) is 0 Å². The van der Waals surface area contributed by atoms with Crippen LogP contribution in [-0.2, 0) is 4.79 Å². The molecule has 0 fully saturated rings. The Morgan fingerprint density at radius 1 is 1.11 bits per heavy atom. The molecule has 1 amide bonds. The summed E-state index contributed by atoms with van der Waals surface area (Å²) in [5.74, 6) is -1.64. The number of nitrogens with one attached hydrogen (secondary N) is 1. The molecule has 2 aliphatic rings. The number of hydrazone groups is 1. The highest BCUT2D eigenvalue weighted by molar-refractivity contribution is 5.95. The third-order valence-corrected chi connectivity index (χ3v) is 5.23. The highest BCUT2D eigenvalue weighted by Crippen LogP contribution is 2.40. The molecule has 0 spiro atoms. The molecule has 6 nitrogen and oxygen atoms in total. The van der Waals surface area contributed by atoms with Crippen LogP contribution in [0.3, 0.4) is 0 Å². The minimum atomic E-state index is -0.856. The highest BCUT2D eigenvalue weighted by atomic mass is 16.4. The van der Waals surface area contributed by atoms with Crippen LogP contribution >= 0.6 is 0 Å². The van der Waals surface area contributed by atoms with Crippen molar-refractivity contribution in [2.75, 3.05) is 11.6 Å². The topological polar surface area (TPSA) is 82.0 Å². The summed E-state index contributed by atoms with van der Waals surface area (Å²) in [5.41, 5.74) is 4.28. The minimum absolute atomic E-state index is 0.200. The van der Waals surface area contributed by atoms with Gasteiger partial charge in [-0.25, -0.2) is 0 Å². The van der Waals surface area contributed by atoms with E-state index in [0.717, 1.165) is 35.5 Å². The smallest absolute Gasteiger partial charge is 0.311 e. The Bertz CT molecular complexity index is 921. The Morgan fingerprint density at radius 3 is 2.44 bits per heavy atom. The van der Waals surface area contributed by atoms with Crippen molar-refractivity contribution >= 4 is 23.3 Å². The van der Waals surface area contributed by atoms with E-state index >= 15 is 0 Å². The fourth-order valence-corrected chi connectivity index (χ4v) is 3.79. The van der Waals surface area contributed by atoms with Crippen LogP contribution in [0, 0.1) is 0 Å². The quantitative estimate of drug-likeness (QED) is 0.873. The van der Waals surface area contributed by atoms with E-state index in [1.54, 1.807) is 12.1 Å². The highest BCUT2D eigenvalue weighted by Gasteiger charge is 2.35. The first-order chi connectivity index (χ1) is 13.0. The summed E-state index contributed by atoms with van der Waals surface area (Å²) in [7, 11) is 0. The van der Waals surface area contributed by atoms with Crippen molar-refractivity contribution < 1.29 is 14.7 Å². The molecule has 4 rings (SSSR count). The third kappa shape index (κ3) is 3.30. The van der Waals surface area contributed by atoms with E-state index in [1.807, 2.05) is 48.3 Å². The van der Waals surface area contributed by atoms with E-state index in [4.69, 9.17) is 0 Å². The summed E-state index contributed by atoms with van der Waals surface area (Å²) >= 11 is 0. The third-order valence-electron chi connectivity index (χ3n) is 5.23.